The van der Waals surface area contributed by atoms with Crippen LogP contribution in [0.4, 0.5) is 18.9 Å². The summed E-state index contributed by atoms with van der Waals surface area (Å²) in [7, 11) is -4.39. The van der Waals surface area contributed by atoms with Gasteiger partial charge in [0, 0.05) is 6.20 Å². The van der Waals surface area contributed by atoms with Crippen molar-refractivity contribution < 1.29 is 35.9 Å². The van der Waals surface area contributed by atoms with Crippen LogP contribution in [0.15, 0.2) is 84.4 Å². The number of H-pyrrole nitrogens is 1. The summed E-state index contributed by atoms with van der Waals surface area (Å²) in [6, 6.07) is 11.8. The third-order valence-electron chi connectivity index (χ3n) is 4.65. The molecule has 7 nitrogen and oxygen atoms in total. The van der Waals surface area contributed by atoms with Crippen LogP contribution in [0, 0.1) is 0 Å². The van der Waals surface area contributed by atoms with Crippen molar-refractivity contribution >= 4 is 27.5 Å². The van der Waals surface area contributed by atoms with E-state index in [4.69, 9.17) is 4.74 Å². The molecule has 0 atom stereocenters. The molecule has 0 fully saturated rings. The Morgan fingerprint density at radius 2 is 1.79 bits per heavy atom. The predicted molar refractivity (Wildman–Crippen MR) is 118 cm³/mol. The van der Waals surface area contributed by atoms with E-state index in [1.54, 1.807) is 6.07 Å². The van der Waals surface area contributed by atoms with Crippen molar-refractivity contribution in [3.63, 3.8) is 0 Å². The highest BCUT2D eigenvalue weighted by Gasteiger charge is 2.32. The molecule has 2 aromatic carbocycles. The molecule has 0 aliphatic heterocycles. The Bertz CT molecular complexity index is 1300. The van der Waals surface area contributed by atoms with Gasteiger partial charge in [-0.2, -0.15) is 13.2 Å². The van der Waals surface area contributed by atoms with Crippen LogP contribution in [0.5, 0.6) is 0 Å². The quantitative estimate of drug-likeness (QED) is 0.270. The molecule has 0 aliphatic rings. The minimum absolute atomic E-state index is 0.150. The van der Waals surface area contributed by atoms with Crippen molar-refractivity contribution in [2.75, 3.05) is 17.5 Å². The van der Waals surface area contributed by atoms with E-state index in [0.717, 1.165) is 22.5 Å². The van der Waals surface area contributed by atoms with Crippen molar-refractivity contribution in [3.05, 3.63) is 96.3 Å². The molecule has 3 aromatic rings. The molecule has 0 bridgehead atoms. The number of rotatable bonds is 9. The molecule has 178 valence electrons. The van der Waals surface area contributed by atoms with Crippen molar-refractivity contribution in [3.8, 4) is 0 Å². The minimum Gasteiger partial charge on any atom is -0.454 e. The van der Waals surface area contributed by atoms with Gasteiger partial charge in [-0.15, -0.1) is 6.58 Å². The fourth-order valence-corrected chi connectivity index (χ4v) is 4.48. The SMILES string of the molecule is C=CCN(c1cccc(C(F)(F)F)c1)S(=O)(=O)c1cccc(C(=O)OCC(=O)c2ccc[nH]2)c1. The number of aromatic nitrogens is 1. The third kappa shape index (κ3) is 5.54. The lowest BCUT2D eigenvalue weighted by molar-refractivity contribution is -0.137. The zero-order valence-corrected chi connectivity index (χ0v) is 18.4. The maximum Gasteiger partial charge on any atom is 0.416 e. The van der Waals surface area contributed by atoms with E-state index >= 15 is 0 Å². The van der Waals surface area contributed by atoms with E-state index in [2.05, 4.69) is 11.6 Å². The largest absolute Gasteiger partial charge is 0.454 e. The molecule has 1 heterocycles. The number of aromatic amines is 1. The topological polar surface area (TPSA) is 96.5 Å². The Morgan fingerprint density at radius 1 is 1.06 bits per heavy atom. The number of carbonyl (C=O) groups is 2. The zero-order chi connectivity index (χ0) is 24.9. The Balaban J connectivity index is 1.87. The normalized spacial score (nSPS) is 11.6. The molecule has 0 amide bonds. The smallest absolute Gasteiger partial charge is 0.416 e. The molecule has 0 aliphatic carbocycles. The maximum atomic E-state index is 13.3. The molecule has 0 spiro atoms. The lowest BCUT2D eigenvalue weighted by atomic mass is 10.2. The number of halogens is 3. The van der Waals surface area contributed by atoms with E-state index in [1.165, 1.54) is 42.6 Å². The van der Waals surface area contributed by atoms with E-state index in [-0.39, 0.29) is 28.4 Å². The van der Waals surface area contributed by atoms with E-state index < -0.39 is 40.1 Å². The molecule has 0 unspecified atom stereocenters. The standard InChI is InChI=1S/C23H19F3N2O5S/c1-2-12-28(18-8-4-7-17(14-18)23(24,25)26)34(31,32)19-9-3-6-16(13-19)22(30)33-15-21(29)20-10-5-11-27-20/h2-11,13-14,27H,1,12,15H2. The van der Waals surface area contributed by atoms with Crippen LogP contribution < -0.4 is 4.31 Å². The molecule has 0 radical (unpaired) electrons. The molecular formula is C23H19F3N2O5S. The number of nitrogens with zero attached hydrogens (tertiary/aromatic N) is 1. The average Bonchev–Trinajstić information content (AvgIpc) is 3.35. The first-order valence-corrected chi connectivity index (χ1v) is 11.2. The summed E-state index contributed by atoms with van der Waals surface area (Å²) in [4.78, 5) is 26.7. The van der Waals surface area contributed by atoms with Crippen LogP contribution in [0.25, 0.3) is 0 Å². The predicted octanol–water partition coefficient (Wildman–Crippen LogP) is 4.45. The van der Waals surface area contributed by atoms with Gasteiger partial charge in [0.25, 0.3) is 10.0 Å². The molecule has 1 aromatic heterocycles. The summed E-state index contributed by atoms with van der Waals surface area (Å²) >= 11 is 0. The third-order valence-corrected chi connectivity index (χ3v) is 6.44. The zero-order valence-electron chi connectivity index (χ0n) is 17.6. The van der Waals surface area contributed by atoms with Crippen LogP contribution in [-0.4, -0.2) is 38.3 Å². The summed E-state index contributed by atoms with van der Waals surface area (Å²) in [5.41, 5.74) is -1.15. The maximum absolute atomic E-state index is 13.3. The second-order valence-corrected chi connectivity index (χ2v) is 8.85. The van der Waals surface area contributed by atoms with Crippen LogP contribution in [-0.2, 0) is 20.9 Å². The first-order valence-electron chi connectivity index (χ1n) is 9.78. The highest BCUT2D eigenvalue weighted by molar-refractivity contribution is 7.92. The first kappa shape index (κ1) is 24.8. The number of benzene rings is 2. The number of Topliss-reactive ketones (excluding diaryl/α,β-unsaturated/α-hetero) is 1. The summed E-state index contributed by atoms with van der Waals surface area (Å²) in [6.45, 7) is 2.59. The number of esters is 1. The number of sulfonamides is 1. The fourth-order valence-electron chi connectivity index (χ4n) is 3.00. The molecule has 34 heavy (non-hydrogen) atoms. The number of ketones is 1. The van der Waals surface area contributed by atoms with E-state index in [1.807, 2.05) is 0 Å². The summed E-state index contributed by atoms with van der Waals surface area (Å²) in [5, 5.41) is 0. The van der Waals surface area contributed by atoms with Crippen LogP contribution in [0.2, 0.25) is 0 Å². The van der Waals surface area contributed by atoms with Crippen LogP contribution in [0.3, 0.4) is 0 Å². The molecule has 1 N–H and O–H groups in total. The number of carbonyl (C=O) groups excluding carboxylic acids is 2. The van der Waals surface area contributed by atoms with Gasteiger partial charge in [-0.25, -0.2) is 13.2 Å². The Kier molecular flexibility index (Phi) is 7.26. The summed E-state index contributed by atoms with van der Waals surface area (Å²) in [6.07, 6.45) is -1.91. The first-order chi connectivity index (χ1) is 16.0. The van der Waals surface area contributed by atoms with Gasteiger partial charge in [0.05, 0.1) is 33.9 Å². The Labute approximate surface area is 193 Å². The summed E-state index contributed by atoms with van der Waals surface area (Å²) in [5.74, 6) is -1.42. The number of hydrogen-bond acceptors (Lipinski definition) is 5. The van der Waals surface area contributed by atoms with Crippen LogP contribution >= 0.6 is 0 Å². The highest BCUT2D eigenvalue weighted by Crippen LogP contribution is 2.33. The number of alkyl halides is 3. The lowest BCUT2D eigenvalue weighted by Crippen LogP contribution is -2.31. The fraction of sp³-hybridized carbons (Fsp3) is 0.130. The molecule has 11 heteroatoms. The lowest BCUT2D eigenvalue weighted by Gasteiger charge is -2.24. The van der Waals surface area contributed by atoms with Gasteiger partial charge in [0.1, 0.15) is 0 Å². The van der Waals surface area contributed by atoms with Crippen molar-refractivity contribution in [1.82, 2.24) is 4.98 Å². The van der Waals surface area contributed by atoms with Crippen molar-refractivity contribution in [2.45, 2.75) is 11.1 Å². The van der Waals surface area contributed by atoms with Gasteiger partial charge in [-0.1, -0.05) is 18.2 Å². The highest BCUT2D eigenvalue weighted by atomic mass is 32.2. The molecular weight excluding hydrogens is 473 g/mol. The monoisotopic (exact) mass is 492 g/mol. The second kappa shape index (κ2) is 9.96. The van der Waals surface area contributed by atoms with E-state index in [9.17, 15) is 31.2 Å². The number of anilines is 1. The number of nitrogens with one attached hydrogen (secondary N) is 1. The van der Waals surface area contributed by atoms with E-state index in [0.29, 0.717) is 6.07 Å². The molecule has 0 saturated carbocycles. The van der Waals surface area contributed by atoms with Crippen molar-refractivity contribution in [2.24, 2.45) is 0 Å². The van der Waals surface area contributed by atoms with Gasteiger partial charge in [-0.05, 0) is 48.5 Å². The Hall–Kier alpha value is -3.86. The second-order valence-electron chi connectivity index (χ2n) is 6.98. The minimum atomic E-state index is -4.67. The average molecular weight is 492 g/mol. The Morgan fingerprint density at radius 3 is 2.44 bits per heavy atom. The van der Waals surface area contributed by atoms with Gasteiger partial charge in [0.15, 0.2) is 6.61 Å². The van der Waals surface area contributed by atoms with Gasteiger partial charge < -0.3 is 9.72 Å². The van der Waals surface area contributed by atoms with Crippen molar-refractivity contribution in [1.29, 1.82) is 0 Å². The van der Waals surface area contributed by atoms with Gasteiger partial charge >= 0.3 is 12.1 Å². The summed E-state index contributed by atoms with van der Waals surface area (Å²) < 4.78 is 71.6. The van der Waals surface area contributed by atoms with Gasteiger partial charge in [0.2, 0.25) is 5.78 Å². The number of hydrogen-bond donors (Lipinski definition) is 1. The number of ether oxygens (including phenoxy) is 1. The molecule has 0 saturated heterocycles. The van der Waals surface area contributed by atoms with Gasteiger partial charge in [-0.3, -0.25) is 9.10 Å². The van der Waals surface area contributed by atoms with Crippen LogP contribution in [0.1, 0.15) is 26.4 Å². The molecule has 3 rings (SSSR count).